The minimum atomic E-state index is -4.40. The number of hydrogen-bond acceptors (Lipinski definition) is 8. The fourth-order valence-electron chi connectivity index (χ4n) is 5.04. The first-order valence-electron chi connectivity index (χ1n) is 11.3. The van der Waals surface area contributed by atoms with Gasteiger partial charge in [-0.25, -0.2) is 40.5 Å². The summed E-state index contributed by atoms with van der Waals surface area (Å²) >= 11 is 0. The lowest BCUT2D eigenvalue weighted by atomic mass is 10.1. The molecule has 0 radical (unpaired) electrons. The first kappa shape index (κ1) is 24.4. The van der Waals surface area contributed by atoms with Crippen molar-refractivity contribution in [1.82, 2.24) is 19.1 Å². The molecule has 0 fully saturated rings. The Kier molecular flexibility index (Phi) is 4.58. The molecule has 3 aromatic carbocycles. The van der Waals surface area contributed by atoms with E-state index in [1.807, 2.05) is 0 Å². The Balaban J connectivity index is 1.36. The second kappa shape index (κ2) is 7.71. The molecule has 0 amide bonds. The van der Waals surface area contributed by atoms with Crippen molar-refractivity contribution < 1.29 is 35.6 Å². The number of halogens is 4. The summed E-state index contributed by atoms with van der Waals surface area (Å²) in [4.78, 5) is 33.0. The van der Waals surface area contributed by atoms with E-state index >= 15 is 0 Å². The maximum atomic E-state index is 14.6. The fourth-order valence-corrected chi connectivity index (χ4v) is 6.35. The third-order valence-electron chi connectivity index (χ3n) is 6.91. The van der Waals surface area contributed by atoms with Gasteiger partial charge in [-0.05, 0) is 36.4 Å². The van der Waals surface area contributed by atoms with Crippen LogP contribution in [0.3, 0.4) is 0 Å². The summed E-state index contributed by atoms with van der Waals surface area (Å²) in [6, 6.07) is 10.2. The second-order valence-corrected chi connectivity index (χ2v) is 10.9. The Morgan fingerprint density at radius 1 is 0.683 bits per heavy atom. The van der Waals surface area contributed by atoms with Crippen molar-refractivity contribution in [3.8, 4) is 34.9 Å². The van der Waals surface area contributed by atoms with Gasteiger partial charge in [0, 0.05) is 11.1 Å². The predicted octanol–water partition coefficient (Wildman–Crippen LogP) is 3.70. The minimum Gasteiger partial charge on any atom is -0.268 e. The van der Waals surface area contributed by atoms with Crippen molar-refractivity contribution in [3.63, 3.8) is 0 Å². The largest absolute Gasteiger partial charge is 0.268 e. The van der Waals surface area contributed by atoms with Crippen LogP contribution >= 0.6 is 0 Å². The molecule has 0 atom stereocenters. The van der Waals surface area contributed by atoms with Crippen LogP contribution in [0.15, 0.2) is 46.2 Å². The number of sulfone groups is 1. The van der Waals surface area contributed by atoms with Crippen molar-refractivity contribution in [1.29, 1.82) is 10.5 Å². The van der Waals surface area contributed by atoms with Crippen LogP contribution in [0.1, 0.15) is 32.1 Å². The molecular weight excluding hydrogens is 568 g/mol. The molecule has 2 aliphatic rings. The lowest BCUT2D eigenvalue weighted by Gasteiger charge is -2.08. The van der Waals surface area contributed by atoms with Crippen LogP contribution in [-0.2, 0) is 9.84 Å². The summed E-state index contributed by atoms with van der Waals surface area (Å²) < 4.78 is 85.2. The van der Waals surface area contributed by atoms with Gasteiger partial charge in [0.15, 0.2) is 40.5 Å². The molecule has 198 valence electrons. The first-order valence-corrected chi connectivity index (χ1v) is 12.8. The molecule has 0 spiro atoms. The van der Waals surface area contributed by atoms with Crippen molar-refractivity contribution in [2.24, 2.45) is 0 Å². The monoisotopic (exact) mass is 574 g/mol. The minimum absolute atomic E-state index is 0.00401. The van der Waals surface area contributed by atoms with Gasteiger partial charge in [-0.2, -0.15) is 10.5 Å². The van der Waals surface area contributed by atoms with Crippen LogP contribution in [-0.4, -0.2) is 39.3 Å². The number of fused-ring (bicyclic) bond motifs is 8. The molecular formula is C26H6F4N6O4S. The highest BCUT2D eigenvalue weighted by Crippen LogP contribution is 2.40. The molecule has 15 heteroatoms. The molecule has 2 aromatic heterocycles. The summed E-state index contributed by atoms with van der Waals surface area (Å²) in [5, 5.41) is 18.6. The van der Waals surface area contributed by atoms with Crippen LogP contribution in [0.2, 0.25) is 0 Å². The zero-order valence-corrected chi connectivity index (χ0v) is 20.5. The topological polar surface area (TPSA) is 152 Å². The number of rotatable bonds is 2. The van der Waals surface area contributed by atoms with Gasteiger partial charge in [0.2, 0.25) is 9.84 Å². The van der Waals surface area contributed by atoms with E-state index < -0.39 is 66.7 Å². The van der Waals surface area contributed by atoms with E-state index in [0.717, 1.165) is 28.8 Å². The highest BCUT2D eigenvalue weighted by atomic mass is 32.2. The number of nitrogens with zero attached hydrogens (tertiary/aromatic N) is 6. The highest BCUT2D eigenvalue weighted by Gasteiger charge is 2.37. The fraction of sp³-hybridized carbons (Fsp3) is 0. The van der Waals surface area contributed by atoms with Crippen LogP contribution < -0.4 is 0 Å². The second-order valence-electron chi connectivity index (χ2n) is 8.94. The normalized spacial score (nSPS) is 13.1. The number of carbonyl (C=O) groups is 2. The number of aromatic nitrogens is 4. The molecule has 41 heavy (non-hydrogen) atoms. The van der Waals surface area contributed by atoms with Crippen molar-refractivity contribution in [2.45, 2.75) is 9.79 Å². The lowest BCUT2D eigenvalue weighted by molar-refractivity contribution is 0.0961. The standard InChI is InChI=1S/C26H6F4N6O4S/c27-17-18(28)20(30)22-21(19(17)29)34-24-13-5-9(2-4-12(13)25(37)36(22)24)41(39,40)10-1-3-11-14(6-10)26(38)35-16(8-32)15(7-31)33-23(11)35/h1-6H. The summed E-state index contributed by atoms with van der Waals surface area (Å²) in [5.41, 5.74) is -2.65. The molecule has 0 aliphatic carbocycles. The van der Waals surface area contributed by atoms with Gasteiger partial charge in [0.05, 0.1) is 20.9 Å². The van der Waals surface area contributed by atoms with E-state index in [0.29, 0.717) is 4.57 Å². The number of benzene rings is 3. The van der Waals surface area contributed by atoms with Crippen molar-refractivity contribution in [2.75, 3.05) is 0 Å². The lowest BCUT2D eigenvalue weighted by Crippen LogP contribution is -2.10. The Labute approximate surface area is 224 Å². The Bertz CT molecular complexity index is 2340. The average molecular weight is 574 g/mol. The maximum absolute atomic E-state index is 14.6. The smallest absolute Gasteiger partial charge is 0.265 e. The predicted molar refractivity (Wildman–Crippen MR) is 127 cm³/mol. The average Bonchev–Trinajstić information content (AvgIpc) is 3.69. The van der Waals surface area contributed by atoms with Gasteiger partial charge in [-0.3, -0.25) is 14.2 Å². The van der Waals surface area contributed by atoms with Crippen LogP contribution in [0.5, 0.6) is 0 Å². The van der Waals surface area contributed by atoms with E-state index in [2.05, 4.69) is 9.97 Å². The number of imidazole rings is 2. The molecule has 7 rings (SSSR count). The Hall–Kier alpha value is -5.67. The van der Waals surface area contributed by atoms with E-state index in [9.17, 15) is 46.1 Å². The van der Waals surface area contributed by atoms with Gasteiger partial charge in [-0.15, -0.1) is 0 Å². The third-order valence-corrected chi connectivity index (χ3v) is 8.66. The molecule has 0 bridgehead atoms. The van der Waals surface area contributed by atoms with Crippen LogP contribution in [0, 0.1) is 45.9 Å². The van der Waals surface area contributed by atoms with Gasteiger partial charge in [0.25, 0.3) is 11.8 Å². The molecule has 0 saturated heterocycles. The van der Waals surface area contributed by atoms with E-state index in [-0.39, 0.29) is 44.4 Å². The summed E-state index contributed by atoms with van der Waals surface area (Å²) in [6.07, 6.45) is 0. The number of nitriles is 2. The SMILES string of the molecule is N#Cc1nc2n(c1C#N)C(=O)c1cc(S(=O)(=O)c3ccc4c(c3)-c3nc5c(F)c(F)c(F)c(F)c5n3C4=O)ccc1-2. The number of hydrogen-bond donors (Lipinski definition) is 0. The Morgan fingerprint density at radius 2 is 1.27 bits per heavy atom. The van der Waals surface area contributed by atoms with Crippen LogP contribution in [0.4, 0.5) is 17.6 Å². The molecule has 0 N–H and O–H groups in total. The first-order chi connectivity index (χ1) is 19.5. The van der Waals surface area contributed by atoms with E-state index in [1.54, 1.807) is 12.1 Å². The molecule has 2 aliphatic heterocycles. The van der Waals surface area contributed by atoms with E-state index in [4.69, 9.17) is 0 Å². The van der Waals surface area contributed by atoms with Gasteiger partial charge in [0.1, 0.15) is 29.0 Å². The molecule has 4 heterocycles. The third kappa shape index (κ3) is 2.84. The van der Waals surface area contributed by atoms with Crippen LogP contribution in [0.25, 0.3) is 33.8 Å². The van der Waals surface area contributed by atoms with E-state index in [1.165, 1.54) is 12.1 Å². The van der Waals surface area contributed by atoms with Crippen molar-refractivity contribution in [3.05, 3.63) is 82.2 Å². The maximum Gasteiger partial charge on any atom is 0.265 e. The molecule has 10 nitrogen and oxygen atoms in total. The van der Waals surface area contributed by atoms with Crippen molar-refractivity contribution >= 4 is 32.7 Å². The molecule has 5 aromatic rings. The molecule has 0 saturated carbocycles. The quantitative estimate of drug-likeness (QED) is 0.172. The van der Waals surface area contributed by atoms with Gasteiger partial charge in [-0.1, -0.05) is 0 Å². The summed E-state index contributed by atoms with van der Waals surface area (Å²) in [6.45, 7) is 0. The van der Waals surface area contributed by atoms with Gasteiger partial charge < -0.3 is 0 Å². The summed E-state index contributed by atoms with van der Waals surface area (Å²) in [7, 11) is -4.40. The molecule has 0 unspecified atom stereocenters. The Morgan fingerprint density at radius 3 is 1.93 bits per heavy atom. The zero-order chi connectivity index (χ0) is 29.1. The zero-order valence-electron chi connectivity index (χ0n) is 19.7. The number of carbonyl (C=O) groups excluding carboxylic acids is 2. The van der Waals surface area contributed by atoms with Gasteiger partial charge >= 0.3 is 0 Å². The summed E-state index contributed by atoms with van der Waals surface area (Å²) in [5.74, 6) is -10.1. The highest BCUT2D eigenvalue weighted by molar-refractivity contribution is 7.91.